The maximum absolute atomic E-state index is 2.64. The Hall–Kier alpha value is -0.0800. The van der Waals surface area contributed by atoms with Gasteiger partial charge in [0.25, 0.3) is 0 Å². The minimum atomic E-state index is 0.792. The summed E-state index contributed by atoms with van der Waals surface area (Å²) in [6, 6.07) is 0.792. The largest absolute Gasteiger partial charge is 0.242 e. The molecule has 0 aromatic rings. The van der Waals surface area contributed by atoms with E-state index in [0.29, 0.717) is 0 Å². The molecule has 1 aliphatic rings. The van der Waals surface area contributed by atoms with Crippen LogP contribution in [0.15, 0.2) is 0 Å². The van der Waals surface area contributed by atoms with E-state index in [4.69, 9.17) is 0 Å². The second kappa shape index (κ2) is 16.1. The Balaban J connectivity index is 2.22. The highest BCUT2D eigenvalue weighted by Gasteiger charge is 2.22. The Kier molecular flexibility index (Phi) is 14.8. The molecule has 0 aromatic heterocycles. The molecular formula is C23H48N2. The molecule has 0 spiro atoms. The van der Waals surface area contributed by atoms with Gasteiger partial charge in [0.05, 0.1) is 0 Å². The average molecular weight is 353 g/mol. The first-order valence-electron chi connectivity index (χ1n) is 11.8. The SMILES string of the molecule is CCCCCCCCCC(CCCCCCCC)N(C)N1CCCC1. The van der Waals surface area contributed by atoms with Gasteiger partial charge in [-0.15, -0.1) is 0 Å². The quantitative estimate of drug-likeness (QED) is 0.256. The molecule has 2 heteroatoms. The van der Waals surface area contributed by atoms with Gasteiger partial charge >= 0.3 is 0 Å². The van der Waals surface area contributed by atoms with Crippen molar-refractivity contribution in [2.24, 2.45) is 0 Å². The monoisotopic (exact) mass is 352 g/mol. The molecule has 0 radical (unpaired) electrons. The van der Waals surface area contributed by atoms with Crippen LogP contribution in [0.4, 0.5) is 0 Å². The lowest BCUT2D eigenvalue weighted by Crippen LogP contribution is -2.44. The van der Waals surface area contributed by atoms with Crippen LogP contribution in [0.5, 0.6) is 0 Å². The fourth-order valence-corrected chi connectivity index (χ4v) is 4.26. The average Bonchev–Trinajstić information content (AvgIpc) is 3.16. The number of nitrogens with zero attached hydrogens (tertiary/aromatic N) is 2. The van der Waals surface area contributed by atoms with Gasteiger partial charge in [-0.25, -0.2) is 10.0 Å². The molecule has 1 atom stereocenters. The molecule has 2 nitrogen and oxygen atoms in total. The van der Waals surface area contributed by atoms with Crippen molar-refractivity contribution in [3.63, 3.8) is 0 Å². The zero-order chi connectivity index (χ0) is 18.2. The predicted molar refractivity (Wildman–Crippen MR) is 113 cm³/mol. The van der Waals surface area contributed by atoms with Gasteiger partial charge in [0.1, 0.15) is 0 Å². The highest BCUT2D eigenvalue weighted by Crippen LogP contribution is 2.21. The van der Waals surface area contributed by atoms with Crippen LogP contribution >= 0.6 is 0 Å². The van der Waals surface area contributed by atoms with E-state index in [1.807, 2.05) is 0 Å². The number of hydrazine groups is 1. The number of rotatable bonds is 17. The first kappa shape index (κ1) is 23.0. The van der Waals surface area contributed by atoms with Gasteiger partial charge in [-0.2, -0.15) is 0 Å². The molecule has 0 amide bonds. The number of unbranched alkanes of at least 4 members (excludes halogenated alkanes) is 11. The summed E-state index contributed by atoms with van der Waals surface area (Å²) in [5, 5.41) is 5.26. The third kappa shape index (κ3) is 11.3. The minimum absolute atomic E-state index is 0.792. The van der Waals surface area contributed by atoms with Crippen molar-refractivity contribution in [2.75, 3.05) is 20.1 Å². The predicted octanol–water partition coefficient (Wildman–Crippen LogP) is 7.19. The van der Waals surface area contributed by atoms with E-state index in [1.54, 1.807) is 0 Å². The summed E-state index contributed by atoms with van der Waals surface area (Å²) in [6.07, 6.45) is 24.2. The molecule has 1 rings (SSSR count). The van der Waals surface area contributed by atoms with Crippen LogP contribution in [0.25, 0.3) is 0 Å². The Labute approximate surface area is 159 Å². The van der Waals surface area contributed by atoms with Crippen molar-refractivity contribution in [3.05, 3.63) is 0 Å². The lowest BCUT2D eigenvalue weighted by atomic mass is 9.99. The minimum Gasteiger partial charge on any atom is -0.242 e. The van der Waals surface area contributed by atoms with Crippen molar-refractivity contribution in [2.45, 2.75) is 129 Å². The maximum atomic E-state index is 2.64. The molecule has 25 heavy (non-hydrogen) atoms. The van der Waals surface area contributed by atoms with E-state index in [-0.39, 0.29) is 0 Å². The molecule has 1 unspecified atom stereocenters. The topological polar surface area (TPSA) is 6.48 Å². The van der Waals surface area contributed by atoms with E-state index in [2.05, 4.69) is 30.9 Å². The molecule has 0 bridgehead atoms. The fraction of sp³-hybridized carbons (Fsp3) is 1.00. The molecule has 1 fully saturated rings. The summed E-state index contributed by atoms with van der Waals surface area (Å²) in [7, 11) is 2.37. The second-order valence-corrected chi connectivity index (χ2v) is 8.35. The molecule has 0 N–H and O–H groups in total. The summed E-state index contributed by atoms with van der Waals surface area (Å²) >= 11 is 0. The van der Waals surface area contributed by atoms with Crippen LogP contribution in [0.2, 0.25) is 0 Å². The Morgan fingerprint density at radius 2 is 1.04 bits per heavy atom. The van der Waals surface area contributed by atoms with Crippen LogP contribution in [0.3, 0.4) is 0 Å². The molecule has 0 aromatic carbocycles. The highest BCUT2D eigenvalue weighted by molar-refractivity contribution is 4.72. The fourth-order valence-electron chi connectivity index (χ4n) is 4.26. The Bertz CT molecular complexity index is 273. The van der Waals surface area contributed by atoms with Crippen molar-refractivity contribution < 1.29 is 0 Å². The third-order valence-corrected chi connectivity index (χ3v) is 6.09. The van der Waals surface area contributed by atoms with Crippen LogP contribution in [-0.2, 0) is 0 Å². The molecule has 0 aliphatic carbocycles. The van der Waals surface area contributed by atoms with Gasteiger partial charge < -0.3 is 0 Å². The second-order valence-electron chi connectivity index (χ2n) is 8.35. The summed E-state index contributed by atoms with van der Waals surface area (Å²) in [5.74, 6) is 0. The molecule has 1 aliphatic heterocycles. The van der Waals surface area contributed by atoms with Crippen molar-refractivity contribution in [1.29, 1.82) is 0 Å². The standard InChI is InChI=1S/C23H48N2/c1-4-6-8-10-12-14-16-20-23(19-15-13-11-9-7-5-2)24(3)25-21-17-18-22-25/h23H,4-22H2,1-3H3. The third-order valence-electron chi connectivity index (χ3n) is 6.09. The zero-order valence-electron chi connectivity index (χ0n) is 17.9. The lowest BCUT2D eigenvalue weighted by molar-refractivity contribution is -0.0242. The van der Waals surface area contributed by atoms with Gasteiger partial charge in [0.15, 0.2) is 0 Å². The van der Waals surface area contributed by atoms with Gasteiger partial charge in [-0.1, -0.05) is 97.3 Å². The lowest BCUT2D eigenvalue weighted by Gasteiger charge is -2.35. The Morgan fingerprint density at radius 3 is 1.48 bits per heavy atom. The normalized spacial score (nSPS) is 16.8. The van der Waals surface area contributed by atoms with E-state index in [1.165, 1.54) is 122 Å². The molecule has 1 saturated heterocycles. The summed E-state index contributed by atoms with van der Waals surface area (Å²) in [4.78, 5) is 0. The van der Waals surface area contributed by atoms with Gasteiger partial charge in [0.2, 0.25) is 0 Å². The van der Waals surface area contributed by atoms with E-state index < -0.39 is 0 Å². The van der Waals surface area contributed by atoms with Crippen LogP contribution in [0.1, 0.15) is 123 Å². The van der Waals surface area contributed by atoms with E-state index in [9.17, 15) is 0 Å². The van der Waals surface area contributed by atoms with Crippen molar-refractivity contribution in [3.8, 4) is 0 Å². The van der Waals surface area contributed by atoms with Gasteiger partial charge in [-0.05, 0) is 25.7 Å². The van der Waals surface area contributed by atoms with Crippen LogP contribution in [0, 0.1) is 0 Å². The van der Waals surface area contributed by atoms with Crippen LogP contribution in [-0.4, -0.2) is 36.2 Å². The molecule has 0 saturated carbocycles. The molecule has 150 valence electrons. The molecule has 1 heterocycles. The summed E-state index contributed by atoms with van der Waals surface area (Å²) in [5.41, 5.74) is 0. The van der Waals surface area contributed by atoms with Crippen molar-refractivity contribution >= 4 is 0 Å². The number of hydrogen-bond acceptors (Lipinski definition) is 2. The molecular weight excluding hydrogens is 304 g/mol. The van der Waals surface area contributed by atoms with Gasteiger partial charge in [-0.3, -0.25) is 0 Å². The Morgan fingerprint density at radius 1 is 0.640 bits per heavy atom. The summed E-state index contributed by atoms with van der Waals surface area (Å²) in [6.45, 7) is 7.20. The van der Waals surface area contributed by atoms with E-state index >= 15 is 0 Å². The zero-order valence-corrected chi connectivity index (χ0v) is 17.9. The number of hydrogen-bond donors (Lipinski definition) is 0. The first-order valence-corrected chi connectivity index (χ1v) is 11.8. The maximum Gasteiger partial charge on any atom is 0.0242 e. The first-order chi connectivity index (χ1) is 12.3. The summed E-state index contributed by atoms with van der Waals surface area (Å²) < 4.78 is 0. The smallest absolute Gasteiger partial charge is 0.0242 e. The van der Waals surface area contributed by atoms with Gasteiger partial charge in [0, 0.05) is 26.2 Å². The highest BCUT2D eigenvalue weighted by atomic mass is 15.6. The van der Waals surface area contributed by atoms with Crippen LogP contribution < -0.4 is 0 Å². The van der Waals surface area contributed by atoms with E-state index in [0.717, 1.165) is 6.04 Å². The van der Waals surface area contributed by atoms with Crippen molar-refractivity contribution in [1.82, 2.24) is 10.0 Å².